The summed E-state index contributed by atoms with van der Waals surface area (Å²) >= 11 is 2.64. The van der Waals surface area contributed by atoms with Crippen molar-refractivity contribution in [3.63, 3.8) is 0 Å². The zero-order valence-electron chi connectivity index (χ0n) is 5.98. The molecule has 0 saturated heterocycles. The lowest BCUT2D eigenvalue weighted by atomic mass is 10.1. The molecule has 0 bridgehead atoms. The molecule has 0 unspecified atom stereocenters. The van der Waals surface area contributed by atoms with E-state index in [0.717, 1.165) is 6.07 Å². The molecule has 0 radical (unpaired) electrons. The number of rotatable bonds is 2. The Bertz CT molecular complexity index is 312. The highest BCUT2D eigenvalue weighted by Crippen LogP contribution is 2.12. The highest BCUT2D eigenvalue weighted by atomic mass is 79.9. The van der Waals surface area contributed by atoms with Crippen LogP contribution in [0.5, 0.6) is 0 Å². The molecule has 1 rings (SSSR count). The Morgan fingerprint density at radius 2 is 2.08 bits per heavy atom. The molecular formula is C8H5BrF2O. The molecule has 64 valence electrons. The first-order valence-corrected chi connectivity index (χ1v) is 4.02. The summed E-state index contributed by atoms with van der Waals surface area (Å²) in [6, 6.07) is 3.75. The third-order valence-electron chi connectivity index (χ3n) is 1.36. The van der Waals surface area contributed by atoms with Gasteiger partial charge >= 0.3 is 0 Å². The Morgan fingerprint density at radius 3 is 2.67 bits per heavy atom. The van der Waals surface area contributed by atoms with E-state index >= 15 is 0 Å². The maximum Gasteiger partial charge on any atom is 0.202 e. The van der Waals surface area contributed by atoms with E-state index in [4.69, 9.17) is 0 Å². The van der Waals surface area contributed by atoms with E-state index in [1.807, 2.05) is 0 Å². The van der Waals surface area contributed by atoms with Crippen molar-refractivity contribution < 1.29 is 13.6 Å². The zero-order valence-corrected chi connectivity index (χ0v) is 7.57. The molecule has 0 aromatic heterocycles. The van der Waals surface area contributed by atoms with Gasteiger partial charge in [0.05, 0.1) is 0 Å². The minimum absolute atomic E-state index is 0.0666. The first-order chi connectivity index (χ1) is 5.61. The highest BCUT2D eigenvalue weighted by Gasteiger charge is 2.09. The van der Waals surface area contributed by atoms with Gasteiger partial charge in [-0.05, 0) is 27.6 Å². The summed E-state index contributed by atoms with van der Waals surface area (Å²) < 4.78 is 25.0. The Labute approximate surface area is 76.5 Å². The lowest BCUT2D eigenvalue weighted by molar-refractivity contribution is -0.109. The Morgan fingerprint density at radius 1 is 1.42 bits per heavy atom. The largest absolute Gasteiger partial charge is 0.286 e. The van der Waals surface area contributed by atoms with Crippen molar-refractivity contribution in [3.05, 3.63) is 35.4 Å². The molecule has 0 atom stereocenters. The van der Waals surface area contributed by atoms with E-state index in [-0.39, 0.29) is 16.7 Å². The smallest absolute Gasteiger partial charge is 0.202 e. The quantitative estimate of drug-likeness (QED) is 0.719. The van der Waals surface area contributed by atoms with Crippen LogP contribution in [0.1, 0.15) is 5.56 Å². The van der Waals surface area contributed by atoms with Crippen molar-refractivity contribution in [2.75, 3.05) is 0 Å². The van der Waals surface area contributed by atoms with Gasteiger partial charge in [0.2, 0.25) is 4.69 Å². The van der Waals surface area contributed by atoms with Gasteiger partial charge in [-0.15, -0.1) is 0 Å². The summed E-state index contributed by atoms with van der Waals surface area (Å²) in [7, 11) is 0. The molecule has 12 heavy (non-hydrogen) atoms. The first-order valence-electron chi connectivity index (χ1n) is 3.22. The minimum Gasteiger partial charge on any atom is -0.286 e. The van der Waals surface area contributed by atoms with Crippen molar-refractivity contribution in [3.8, 4) is 0 Å². The monoisotopic (exact) mass is 234 g/mol. The third kappa shape index (κ3) is 2.11. The van der Waals surface area contributed by atoms with E-state index in [1.54, 1.807) is 0 Å². The van der Waals surface area contributed by atoms with Crippen molar-refractivity contribution in [2.45, 2.75) is 6.42 Å². The second-order valence-corrected chi connectivity index (χ2v) is 3.13. The normalized spacial score (nSPS) is 9.92. The number of hydrogen-bond acceptors (Lipinski definition) is 1. The number of benzene rings is 1. The lowest BCUT2D eigenvalue weighted by Gasteiger charge is -1.98. The average Bonchev–Trinajstić information content (AvgIpc) is 1.98. The van der Waals surface area contributed by atoms with E-state index in [9.17, 15) is 13.6 Å². The summed E-state index contributed by atoms with van der Waals surface area (Å²) in [6.07, 6.45) is -0.135. The average molecular weight is 235 g/mol. The van der Waals surface area contributed by atoms with Crippen molar-refractivity contribution in [1.82, 2.24) is 0 Å². The first kappa shape index (κ1) is 9.32. The van der Waals surface area contributed by atoms with Crippen LogP contribution >= 0.6 is 15.9 Å². The van der Waals surface area contributed by atoms with Gasteiger partial charge in [0.1, 0.15) is 0 Å². The van der Waals surface area contributed by atoms with Crippen LogP contribution in [0.25, 0.3) is 0 Å². The van der Waals surface area contributed by atoms with E-state index in [0.29, 0.717) is 0 Å². The summed E-state index contributed by atoms with van der Waals surface area (Å²) in [5, 5.41) is 0. The Balaban J connectivity index is 3.00. The molecule has 0 saturated carbocycles. The van der Waals surface area contributed by atoms with Crippen LogP contribution in [0.2, 0.25) is 0 Å². The van der Waals surface area contributed by atoms with Crippen LogP contribution in [-0.4, -0.2) is 4.69 Å². The van der Waals surface area contributed by atoms with Crippen molar-refractivity contribution >= 4 is 20.6 Å². The predicted octanol–water partition coefficient (Wildman–Crippen LogP) is 2.43. The molecule has 4 heteroatoms. The van der Waals surface area contributed by atoms with Gasteiger partial charge in [-0.1, -0.05) is 12.1 Å². The maximum absolute atomic E-state index is 12.8. The molecule has 1 nitrogen and oxygen atoms in total. The number of carbonyl (C=O) groups is 1. The Hall–Kier alpha value is -0.770. The molecule has 0 spiro atoms. The van der Waals surface area contributed by atoms with Gasteiger partial charge in [0.25, 0.3) is 0 Å². The van der Waals surface area contributed by atoms with E-state index in [1.165, 1.54) is 12.1 Å². The van der Waals surface area contributed by atoms with Crippen LogP contribution in [0.15, 0.2) is 18.2 Å². The summed E-state index contributed by atoms with van der Waals surface area (Å²) in [6.45, 7) is 0. The number of hydrogen-bond donors (Lipinski definition) is 0. The van der Waals surface area contributed by atoms with Gasteiger partial charge in [-0.25, -0.2) is 8.78 Å². The third-order valence-corrected chi connectivity index (χ3v) is 1.64. The maximum atomic E-state index is 12.8. The van der Waals surface area contributed by atoms with Gasteiger partial charge in [-0.3, -0.25) is 4.79 Å². The van der Waals surface area contributed by atoms with Crippen LogP contribution in [0.3, 0.4) is 0 Å². The zero-order chi connectivity index (χ0) is 9.14. The van der Waals surface area contributed by atoms with Gasteiger partial charge < -0.3 is 0 Å². The number of halogens is 3. The fraction of sp³-hybridized carbons (Fsp3) is 0.125. The minimum atomic E-state index is -0.953. The highest BCUT2D eigenvalue weighted by molar-refractivity contribution is 9.18. The molecule has 0 amide bonds. The summed E-state index contributed by atoms with van der Waals surface area (Å²) in [4.78, 5) is 10.5. The van der Waals surface area contributed by atoms with Crippen LogP contribution in [0.4, 0.5) is 8.78 Å². The molecule has 0 aliphatic carbocycles. The summed E-state index contributed by atoms with van der Waals surface area (Å²) in [5.41, 5.74) is 0.0666. The molecule has 0 N–H and O–H groups in total. The molecular weight excluding hydrogens is 230 g/mol. The SMILES string of the molecule is O=C(Br)Cc1cccc(F)c1F. The molecule has 0 heterocycles. The fourth-order valence-electron chi connectivity index (χ4n) is 0.835. The molecule has 0 aliphatic heterocycles. The summed E-state index contributed by atoms with van der Waals surface area (Å²) in [5.74, 6) is -1.88. The second-order valence-electron chi connectivity index (χ2n) is 2.24. The number of carbonyl (C=O) groups excluding carboxylic acids is 1. The van der Waals surface area contributed by atoms with Crippen LogP contribution in [0, 0.1) is 11.6 Å². The molecule has 1 aromatic rings. The molecule has 0 fully saturated rings. The van der Waals surface area contributed by atoms with Crippen LogP contribution < -0.4 is 0 Å². The lowest BCUT2D eigenvalue weighted by Crippen LogP contribution is -1.98. The Kier molecular flexibility index (Phi) is 2.92. The van der Waals surface area contributed by atoms with Crippen LogP contribution in [-0.2, 0) is 11.2 Å². The van der Waals surface area contributed by atoms with E-state index in [2.05, 4.69) is 15.9 Å². The van der Waals surface area contributed by atoms with Crippen molar-refractivity contribution in [2.24, 2.45) is 0 Å². The predicted molar refractivity (Wildman–Crippen MR) is 44.0 cm³/mol. The topological polar surface area (TPSA) is 17.1 Å². The second kappa shape index (κ2) is 3.76. The van der Waals surface area contributed by atoms with Gasteiger partial charge in [0, 0.05) is 6.42 Å². The molecule has 0 aliphatic rings. The van der Waals surface area contributed by atoms with Gasteiger partial charge in [0.15, 0.2) is 11.6 Å². The fourth-order valence-corrected chi connectivity index (χ4v) is 1.14. The van der Waals surface area contributed by atoms with E-state index < -0.39 is 11.6 Å². The van der Waals surface area contributed by atoms with Crippen molar-refractivity contribution in [1.29, 1.82) is 0 Å². The molecule has 1 aromatic carbocycles. The van der Waals surface area contributed by atoms with Gasteiger partial charge in [-0.2, -0.15) is 0 Å². The standard InChI is InChI=1S/C8H5BrF2O/c9-7(12)4-5-2-1-3-6(10)8(5)11/h1-3H,4H2.